The van der Waals surface area contributed by atoms with Crippen molar-refractivity contribution in [3.05, 3.63) is 24.0 Å². The van der Waals surface area contributed by atoms with Crippen LogP contribution < -0.4 is 9.64 Å². The van der Waals surface area contributed by atoms with Crippen LogP contribution in [-0.2, 0) is 0 Å². The van der Waals surface area contributed by atoms with Gasteiger partial charge in [-0.05, 0) is 26.0 Å². The van der Waals surface area contributed by atoms with Crippen LogP contribution in [0.5, 0.6) is 5.75 Å². The zero-order chi connectivity index (χ0) is 12.3. The highest BCUT2D eigenvalue weighted by Gasteiger charge is 2.23. The molecule has 0 aliphatic carbocycles. The summed E-state index contributed by atoms with van der Waals surface area (Å²) in [4.78, 5) is 1.83. The van der Waals surface area contributed by atoms with Gasteiger partial charge in [0.2, 0.25) is 0 Å². The number of likely N-dealkylation sites (N-methyl/N-ethyl adjacent to an activating group) is 1. The molecule has 1 aromatic rings. The molecule has 90 valence electrons. The van der Waals surface area contributed by atoms with Crippen LogP contribution in [0.4, 0.5) is 10.1 Å². The summed E-state index contributed by atoms with van der Waals surface area (Å²) in [6.07, 6.45) is 0. The lowest BCUT2D eigenvalue weighted by Crippen LogP contribution is -2.44. The monoisotopic (exact) mass is 227 g/mol. The van der Waals surface area contributed by atoms with Gasteiger partial charge in [0.05, 0.1) is 19.3 Å². The Morgan fingerprint density at radius 2 is 2.06 bits per heavy atom. The van der Waals surface area contributed by atoms with Crippen molar-refractivity contribution in [1.82, 2.24) is 0 Å². The summed E-state index contributed by atoms with van der Waals surface area (Å²) in [5.74, 6) is -0.181. The number of benzene rings is 1. The van der Waals surface area contributed by atoms with Crippen LogP contribution in [0.2, 0.25) is 0 Å². The van der Waals surface area contributed by atoms with E-state index in [1.165, 1.54) is 13.2 Å². The Balaban J connectivity index is 3.02. The van der Waals surface area contributed by atoms with E-state index in [1.54, 1.807) is 12.1 Å². The Bertz CT molecular complexity index is 366. The summed E-state index contributed by atoms with van der Waals surface area (Å²) >= 11 is 0. The number of methoxy groups -OCH3 is 1. The maximum absolute atomic E-state index is 13.5. The van der Waals surface area contributed by atoms with Crippen molar-refractivity contribution in [3.8, 4) is 5.75 Å². The van der Waals surface area contributed by atoms with Gasteiger partial charge in [0.15, 0.2) is 11.6 Å². The van der Waals surface area contributed by atoms with E-state index in [9.17, 15) is 9.50 Å². The Morgan fingerprint density at radius 3 is 2.50 bits per heavy atom. The molecule has 4 heteroatoms. The second kappa shape index (κ2) is 4.70. The zero-order valence-electron chi connectivity index (χ0n) is 10.1. The molecule has 0 saturated heterocycles. The van der Waals surface area contributed by atoms with Gasteiger partial charge in [0.1, 0.15) is 0 Å². The first-order valence-corrected chi connectivity index (χ1v) is 5.10. The Hall–Kier alpha value is -1.29. The van der Waals surface area contributed by atoms with E-state index in [0.717, 1.165) is 0 Å². The number of hydrogen-bond acceptors (Lipinski definition) is 3. The van der Waals surface area contributed by atoms with Gasteiger partial charge in [0, 0.05) is 18.8 Å². The molecule has 0 bridgehead atoms. The van der Waals surface area contributed by atoms with Crippen LogP contribution in [0.3, 0.4) is 0 Å². The highest BCUT2D eigenvalue weighted by Crippen LogP contribution is 2.26. The van der Waals surface area contributed by atoms with Crippen molar-refractivity contribution in [2.45, 2.75) is 19.4 Å². The summed E-state index contributed by atoms with van der Waals surface area (Å²) in [5, 5.41) is 9.24. The van der Waals surface area contributed by atoms with Crippen LogP contribution >= 0.6 is 0 Å². The molecule has 0 amide bonds. The number of halogens is 1. The molecule has 0 unspecified atom stereocenters. The van der Waals surface area contributed by atoms with Gasteiger partial charge in [-0.3, -0.25) is 0 Å². The number of ether oxygens (including phenoxy) is 1. The van der Waals surface area contributed by atoms with Crippen LogP contribution in [0.15, 0.2) is 18.2 Å². The second-order valence-electron chi connectivity index (χ2n) is 4.35. The zero-order valence-corrected chi connectivity index (χ0v) is 10.1. The minimum absolute atomic E-state index is 0.00283. The number of nitrogens with zero attached hydrogens (tertiary/aromatic N) is 1. The lowest BCUT2D eigenvalue weighted by molar-refractivity contribution is 0.216. The molecule has 3 nitrogen and oxygen atoms in total. The fourth-order valence-electron chi connectivity index (χ4n) is 1.32. The molecule has 0 heterocycles. The van der Waals surface area contributed by atoms with Crippen LogP contribution in [0, 0.1) is 5.82 Å². The maximum atomic E-state index is 13.5. The normalized spacial score (nSPS) is 11.4. The van der Waals surface area contributed by atoms with E-state index in [4.69, 9.17) is 4.74 Å². The summed E-state index contributed by atoms with van der Waals surface area (Å²) in [6, 6.07) is 4.74. The summed E-state index contributed by atoms with van der Waals surface area (Å²) in [6.45, 7) is 3.77. The predicted molar refractivity (Wildman–Crippen MR) is 62.5 cm³/mol. The van der Waals surface area contributed by atoms with Gasteiger partial charge in [-0.1, -0.05) is 0 Å². The van der Waals surface area contributed by atoms with E-state index in [2.05, 4.69) is 0 Å². The molecule has 1 N–H and O–H groups in total. The molecule has 0 aromatic heterocycles. The standard InChI is InChI=1S/C12H18FNO2/c1-12(2,8-15)14(3)9-5-6-11(16-4)10(13)7-9/h5-7,15H,8H2,1-4H3. The predicted octanol–water partition coefficient (Wildman–Crippen LogP) is 2.04. The average molecular weight is 227 g/mol. The highest BCUT2D eigenvalue weighted by molar-refractivity contribution is 5.51. The molecule has 0 aliphatic rings. The Kier molecular flexibility index (Phi) is 3.75. The van der Waals surface area contributed by atoms with Crippen molar-refractivity contribution in [1.29, 1.82) is 0 Å². The minimum Gasteiger partial charge on any atom is -0.494 e. The molecule has 0 fully saturated rings. The van der Waals surface area contributed by atoms with Gasteiger partial charge in [-0.2, -0.15) is 0 Å². The summed E-state index contributed by atoms with van der Waals surface area (Å²) in [5.41, 5.74) is 0.276. The van der Waals surface area contributed by atoms with Crippen LogP contribution in [0.25, 0.3) is 0 Å². The third-order valence-corrected chi connectivity index (χ3v) is 2.82. The van der Waals surface area contributed by atoms with E-state index in [1.807, 2.05) is 25.8 Å². The molecule has 0 atom stereocenters. The van der Waals surface area contributed by atoms with Gasteiger partial charge in [-0.15, -0.1) is 0 Å². The smallest absolute Gasteiger partial charge is 0.167 e. The average Bonchev–Trinajstić information content (AvgIpc) is 2.27. The minimum atomic E-state index is -0.430. The number of aliphatic hydroxyl groups excluding tert-OH is 1. The number of aliphatic hydroxyl groups is 1. The molecule has 1 aromatic carbocycles. The van der Waals surface area contributed by atoms with Gasteiger partial charge in [0.25, 0.3) is 0 Å². The lowest BCUT2D eigenvalue weighted by Gasteiger charge is -2.35. The van der Waals surface area contributed by atoms with E-state index < -0.39 is 11.4 Å². The molecule has 0 aliphatic heterocycles. The first kappa shape index (κ1) is 12.8. The number of rotatable bonds is 4. The van der Waals surface area contributed by atoms with Crippen molar-refractivity contribution < 1.29 is 14.2 Å². The number of hydrogen-bond donors (Lipinski definition) is 1. The molecule has 0 saturated carbocycles. The molecular weight excluding hydrogens is 209 g/mol. The highest BCUT2D eigenvalue weighted by atomic mass is 19.1. The third-order valence-electron chi connectivity index (χ3n) is 2.82. The lowest BCUT2D eigenvalue weighted by atomic mass is 10.0. The van der Waals surface area contributed by atoms with Crippen LogP contribution in [-0.4, -0.2) is 31.4 Å². The largest absolute Gasteiger partial charge is 0.494 e. The summed E-state index contributed by atoms with van der Waals surface area (Å²) in [7, 11) is 3.25. The Labute approximate surface area is 95.5 Å². The molecular formula is C12H18FNO2. The fraction of sp³-hybridized carbons (Fsp3) is 0.500. The van der Waals surface area contributed by atoms with Gasteiger partial charge < -0.3 is 14.7 Å². The SMILES string of the molecule is COc1ccc(N(C)C(C)(C)CO)cc1F. The Morgan fingerprint density at radius 1 is 1.44 bits per heavy atom. The van der Waals surface area contributed by atoms with E-state index in [-0.39, 0.29) is 12.4 Å². The quantitative estimate of drug-likeness (QED) is 0.854. The molecule has 0 spiro atoms. The van der Waals surface area contributed by atoms with Crippen LogP contribution in [0.1, 0.15) is 13.8 Å². The topological polar surface area (TPSA) is 32.7 Å². The molecule has 16 heavy (non-hydrogen) atoms. The van der Waals surface area contributed by atoms with Crippen molar-refractivity contribution in [3.63, 3.8) is 0 Å². The second-order valence-corrected chi connectivity index (χ2v) is 4.35. The van der Waals surface area contributed by atoms with Crippen molar-refractivity contribution >= 4 is 5.69 Å². The van der Waals surface area contributed by atoms with E-state index in [0.29, 0.717) is 5.69 Å². The third kappa shape index (κ3) is 2.44. The van der Waals surface area contributed by atoms with Crippen molar-refractivity contribution in [2.75, 3.05) is 25.7 Å². The van der Waals surface area contributed by atoms with E-state index >= 15 is 0 Å². The number of anilines is 1. The fourth-order valence-corrected chi connectivity index (χ4v) is 1.32. The van der Waals surface area contributed by atoms with Crippen molar-refractivity contribution in [2.24, 2.45) is 0 Å². The van der Waals surface area contributed by atoms with Gasteiger partial charge in [-0.25, -0.2) is 4.39 Å². The maximum Gasteiger partial charge on any atom is 0.167 e. The summed E-state index contributed by atoms with van der Waals surface area (Å²) < 4.78 is 18.3. The first-order valence-electron chi connectivity index (χ1n) is 5.10. The van der Waals surface area contributed by atoms with Gasteiger partial charge >= 0.3 is 0 Å². The molecule has 1 rings (SSSR count). The molecule has 0 radical (unpaired) electrons. The first-order chi connectivity index (χ1) is 7.42.